The number of carbonyl (C=O) groups is 3. The molecule has 0 spiro atoms. The highest BCUT2D eigenvalue weighted by molar-refractivity contribution is 5.74. The summed E-state index contributed by atoms with van der Waals surface area (Å²) in [5, 5.41) is 249. The molecular weight excluding hydrogens is 1320 g/mol. The van der Waals surface area contributed by atoms with Crippen LogP contribution >= 0.6 is 0 Å². The van der Waals surface area contributed by atoms with Crippen LogP contribution in [0.1, 0.15) is 20.8 Å². The first-order valence-corrected chi connectivity index (χ1v) is 30.5. The zero-order chi connectivity index (χ0) is 70.6. The van der Waals surface area contributed by atoms with E-state index >= 15 is 0 Å². The molecule has 96 heavy (non-hydrogen) atoms. The normalized spacial score (nSPS) is 49.5. The number of amides is 3. The number of nitrogens with one attached hydrogen (secondary N) is 3. The molecule has 0 aromatic heterocycles. The van der Waals surface area contributed by atoms with Crippen molar-refractivity contribution in [1.29, 1.82) is 0 Å². The van der Waals surface area contributed by atoms with E-state index in [1.807, 2.05) is 0 Å². The number of aliphatic hydroxyl groups excluding tert-OH is 22. The van der Waals surface area contributed by atoms with E-state index < -0.39 is 310 Å². The van der Waals surface area contributed by atoms with Crippen molar-refractivity contribution in [3.8, 4) is 0 Å². The van der Waals surface area contributed by atoms with Gasteiger partial charge in [-0.1, -0.05) is 0 Å². The third kappa shape index (κ3) is 17.2. The highest BCUT2D eigenvalue weighted by Gasteiger charge is 2.60. The van der Waals surface area contributed by atoms with Crippen LogP contribution in [0.5, 0.6) is 0 Å². The van der Waals surface area contributed by atoms with Crippen molar-refractivity contribution < 1.29 is 198 Å². The Kier molecular flexibility index (Phi) is 28.1. The largest absolute Gasteiger partial charge is 0.394 e. The predicted octanol–water partition coefficient (Wildman–Crippen LogP) is -17.4. The van der Waals surface area contributed by atoms with Crippen molar-refractivity contribution in [2.45, 2.75) is 260 Å². The van der Waals surface area contributed by atoms with E-state index in [9.17, 15) is 127 Å². The molecule has 0 aromatic carbocycles. The van der Waals surface area contributed by atoms with Gasteiger partial charge < -0.3 is 199 Å². The minimum Gasteiger partial charge on any atom is -0.394 e. The molecule has 8 rings (SSSR count). The Morgan fingerprint density at radius 3 is 1.25 bits per heavy atom. The fraction of sp³-hybridized carbons (Fsp3) is 0.943. The number of hydrogen-bond donors (Lipinski definition) is 25. The molecule has 8 aliphatic rings. The zero-order valence-electron chi connectivity index (χ0n) is 51.4. The Morgan fingerprint density at radius 1 is 0.312 bits per heavy atom. The summed E-state index contributed by atoms with van der Waals surface area (Å²) in [5.74, 6) is -2.58. The van der Waals surface area contributed by atoms with Crippen LogP contribution in [-0.2, 0) is 85.4 Å². The fourth-order valence-corrected chi connectivity index (χ4v) is 12.3. The van der Waals surface area contributed by atoms with E-state index in [0.29, 0.717) is 0 Å². The molecule has 0 bridgehead atoms. The van der Waals surface area contributed by atoms with Gasteiger partial charge in [-0.15, -0.1) is 0 Å². The van der Waals surface area contributed by atoms with E-state index in [4.69, 9.17) is 71.1 Å². The minimum atomic E-state index is -2.43. The molecular formula is C53H89N3O40. The van der Waals surface area contributed by atoms with Gasteiger partial charge in [-0.25, -0.2) is 0 Å². The molecule has 8 aliphatic heterocycles. The summed E-state index contributed by atoms with van der Waals surface area (Å²) < 4.78 is 88.9. The van der Waals surface area contributed by atoms with E-state index in [0.717, 1.165) is 20.8 Å². The fourth-order valence-electron chi connectivity index (χ4n) is 12.3. The van der Waals surface area contributed by atoms with Gasteiger partial charge in [0.25, 0.3) is 0 Å². The third-order valence-corrected chi connectivity index (χ3v) is 17.5. The quantitative estimate of drug-likeness (QED) is 0.0427. The molecule has 8 fully saturated rings. The van der Waals surface area contributed by atoms with E-state index in [1.54, 1.807) is 0 Å². The number of rotatable bonds is 24. The lowest BCUT2D eigenvalue weighted by atomic mass is 9.93. The standard InChI is InChI=1S/C53H89N3O40/c1-12(63)54-23-33(74)40(20(8-61)84-46(23)81)91-48-25(56-14(3)65)34(75)41(21(9-62)89-48)92-53-45(96-49-37(78)26(67)15(66)10-82-49)43(94-52-44(36(77)29(70)18(6-59)88-52)95-47-24(55-13(2)64)32(73)27(68)16(4-57)85-47)31(72)22(90-53)11-83-50-39(80)42(30(71)19(7-60)86-50)93-51-38(79)35(76)28(69)17(5-58)87-51/h15-53,57-62,66-81H,4-11H2,1-3H3,(H,54,63)(H,55,64)(H,56,65)/t15-,16-,17-,18-,19-,20-,21-,22-,23-,24-,25-,26+,27-,28-,29-,30-,31-,32-,33-,34-,35+,36+,37-,38+,39+,40-,41-,42+,43+,44+,45+,46-,47+,48+,49+,50+,51-,52-,53+/m1/s1. The molecule has 43 nitrogen and oxygen atoms in total. The van der Waals surface area contributed by atoms with Crippen molar-refractivity contribution in [2.75, 3.05) is 52.9 Å². The third-order valence-electron chi connectivity index (χ3n) is 17.5. The van der Waals surface area contributed by atoms with Crippen LogP contribution < -0.4 is 16.0 Å². The van der Waals surface area contributed by atoms with Gasteiger partial charge in [0.15, 0.2) is 50.3 Å². The van der Waals surface area contributed by atoms with Gasteiger partial charge in [0.05, 0.1) is 52.9 Å². The monoisotopic (exact) mass is 1410 g/mol. The lowest BCUT2D eigenvalue weighted by Crippen LogP contribution is -2.71. The highest BCUT2D eigenvalue weighted by Crippen LogP contribution is 2.40. The van der Waals surface area contributed by atoms with E-state index in [-0.39, 0.29) is 0 Å². The molecule has 0 saturated carbocycles. The Bertz CT molecular complexity index is 2460. The van der Waals surface area contributed by atoms with Gasteiger partial charge in [-0.2, -0.15) is 0 Å². The van der Waals surface area contributed by atoms with Crippen molar-refractivity contribution in [3.05, 3.63) is 0 Å². The first kappa shape index (κ1) is 78.6. The van der Waals surface area contributed by atoms with Crippen molar-refractivity contribution in [1.82, 2.24) is 16.0 Å². The lowest BCUT2D eigenvalue weighted by molar-refractivity contribution is -0.411. The van der Waals surface area contributed by atoms with Crippen LogP contribution in [0, 0.1) is 0 Å². The summed E-state index contributed by atoms with van der Waals surface area (Å²) in [4.78, 5) is 37.6. The van der Waals surface area contributed by atoms with Gasteiger partial charge in [-0.3, -0.25) is 14.4 Å². The van der Waals surface area contributed by atoms with Crippen molar-refractivity contribution in [2.24, 2.45) is 0 Å². The molecule has 3 amide bonds. The SMILES string of the molecule is CC(=O)N[C@@H]1[C@@H](O)[C@H](O[C@@H]2O[C@H](CO)[C@@H](O[C@@H]3O[C@H](CO[C@H]4O[C@H](CO)[C@@H](O)[C@H](O[C@H]5O[C@H](CO)[C@@H](O)[C@H](O)[C@@H]5O)[C@@H]4O)[C@@H](O)[C@H](O[C@H]4O[C@H](CO)[C@@H](O)[C@H](O)[C@@H]4O[C@@H]4O[C@H](CO)[C@@H](O)[C@H](O)[C@H]4NC(C)=O)[C@@H]3O[C@@H]3OC[C@@H](O)[C@H](O)[C@H]3O)[C@H](O)[C@H]2NC(C)=O)[C@@H](CO)O[C@H]1O. The molecule has 8 saturated heterocycles. The Morgan fingerprint density at radius 2 is 0.688 bits per heavy atom. The molecule has 8 heterocycles. The molecule has 0 unspecified atom stereocenters. The first-order valence-electron chi connectivity index (χ1n) is 30.5. The topological polar surface area (TPSA) is 671 Å². The maximum Gasteiger partial charge on any atom is 0.217 e. The van der Waals surface area contributed by atoms with Gasteiger partial charge in [0.2, 0.25) is 17.7 Å². The maximum absolute atomic E-state index is 13.0. The predicted molar refractivity (Wildman–Crippen MR) is 293 cm³/mol. The van der Waals surface area contributed by atoms with Crippen LogP contribution in [0.15, 0.2) is 0 Å². The second kappa shape index (κ2) is 34.3. The number of carbonyl (C=O) groups excluding carboxylic acids is 3. The molecule has 39 atom stereocenters. The van der Waals surface area contributed by atoms with Gasteiger partial charge in [0.1, 0.15) is 189 Å². The summed E-state index contributed by atoms with van der Waals surface area (Å²) in [6.45, 7) is -5.35. The zero-order valence-corrected chi connectivity index (χ0v) is 51.4. The lowest BCUT2D eigenvalue weighted by Gasteiger charge is -2.52. The average molecular weight is 1410 g/mol. The first-order chi connectivity index (χ1) is 45.4. The second-order valence-corrected chi connectivity index (χ2v) is 24.2. The van der Waals surface area contributed by atoms with Crippen LogP contribution in [0.4, 0.5) is 0 Å². The molecule has 0 aromatic rings. The number of hydrogen-bond acceptors (Lipinski definition) is 40. The van der Waals surface area contributed by atoms with Crippen LogP contribution in [0.25, 0.3) is 0 Å². The van der Waals surface area contributed by atoms with Gasteiger partial charge in [-0.05, 0) is 0 Å². The average Bonchev–Trinajstić information content (AvgIpc) is 0.765. The second-order valence-electron chi connectivity index (χ2n) is 24.2. The molecule has 0 radical (unpaired) electrons. The molecule has 0 aliphatic carbocycles. The van der Waals surface area contributed by atoms with Crippen molar-refractivity contribution in [3.63, 3.8) is 0 Å². The Hall–Kier alpha value is -3.07. The van der Waals surface area contributed by atoms with Crippen LogP contribution in [0.3, 0.4) is 0 Å². The van der Waals surface area contributed by atoms with E-state index in [2.05, 4.69) is 16.0 Å². The summed E-state index contributed by atoms with van der Waals surface area (Å²) >= 11 is 0. The number of aliphatic hydroxyl groups is 22. The van der Waals surface area contributed by atoms with Crippen LogP contribution in [0.2, 0.25) is 0 Å². The van der Waals surface area contributed by atoms with Crippen molar-refractivity contribution >= 4 is 17.7 Å². The molecule has 556 valence electrons. The molecule has 43 heteroatoms. The summed E-state index contributed by atoms with van der Waals surface area (Å²) in [7, 11) is 0. The maximum atomic E-state index is 13.0. The van der Waals surface area contributed by atoms with Crippen LogP contribution in [-0.4, -0.2) is 422 Å². The van der Waals surface area contributed by atoms with Gasteiger partial charge >= 0.3 is 0 Å². The Balaban J connectivity index is 1.20. The number of ether oxygens (including phenoxy) is 15. The summed E-state index contributed by atoms with van der Waals surface area (Å²) in [5.41, 5.74) is 0. The summed E-state index contributed by atoms with van der Waals surface area (Å²) in [6.07, 6.45) is -74.4. The van der Waals surface area contributed by atoms with E-state index in [1.165, 1.54) is 0 Å². The highest BCUT2D eigenvalue weighted by atomic mass is 16.8. The smallest absolute Gasteiger partial charge is 0.217 e. The minimum absolute atomic E-state index is 0.776. The molecule has 25 N–H and O–H groups in total. The summed E-state index contributed by atoms with van der Waals surface area (Å²) in [6, 6.07) is -5.35. The van der Waals surface area contributed by atoms with Gasteiger partial charge in [0, 0.05) is 20.8 Å². The Labute approximate surface area is 543 Å².